The number of para-hydroxylation sites is 1. The van der Waals surface area contributed by atoms with Crippen molar-refractivity contribution in [2.45, 2.75) is 0 Å². The van der Waals surface area contributed by atoms with E-state index in [1.165, 1.54) is 4.57 Å². The van der Waals surface area contributed by atoms with Crippen LogP contribution in [0.3, 0.4) is 0 Å². The van der Waals surface area contributed by atoms with Crippen LogP contribution in [0.1, 0.15) is 5.56 Å². The fourth-order valence-corrected chi connectivity index (χ4v) is 3.21. The van der Waals surface area contributed by atoms with Crippen LogP contribution in [-0.2, 0) is 4.74 Å². The molecule has 0 unspecified atom stereocenters. The third-order valence-corrected chi connectivity index (χ3v) is 4.53. The van der Waals surface area contributed by atoms with Crippen molar-refractivity contribution in [1.29, 1.82) is 5.26 Å². The van der Waals surface area contributed by atoms with Crippen molar-refractivity contribution in [2.75, 3.05) is 31.2 Å². The second kappa shape index (κ2) is 7.44. The Kier molecular flexibility index (Phi) is 4.69. The Morgan fingerprint density at radius 3 is 2.22 bits per heavy atom. The molecular weight excluding hydrogens is 340 g/mol. The third kappa shape index (κ3) is 3.21. The van der Waals surface area contributed by atoms with Gasteiger partial charge in [0.1, 0.15) is 11.9 Å². The molecule has 6 nitrogen and oxygen atoms in total. The predicted octanol–water partition coefficient (Wildman–Crippen LogP) is 2.61. The average molecular weight is 358 g/mol. The summed E-state index contributed by atoms with van der Waals surface area (Å²) in [5.41, 5.74) is 1.19. The average Bonchev–Trinajstić information content (AvgIpc) is 2.75. The molecule has 0 N–H and O–H groups in total. The maximum atomic E-state index is 13.3. The Morgan fingerprint density at radius 2 is 1.59 bits per heavy atom. The molecule has 134 valence electrons. The molecule has 0 atom stereocenters. The minimum Gasteiger partial charge on any atom is -0.378 e. The van der Waals surface area contributed by atoms with Crippen LogP contribution in [0.25, 0.3) is 17.1 Å². The molecule has 6 heteroatoms. The van der Waals surface area contributed by atoms with Crippen molar-refractivity contribution >= 4 is 5.82 Å². The van der Waals surface area contributed by atoms with Crippen molar-refractivity contribution in [3.05, 3.63) is 76.6 Å². The molecule has 0 aliphatic carbocycles. The molecule has 1 fully saturated rings. The molecule has 1 aliphatic heterocycles. The summed E-state index contributed by atoms with van der Waals surface area (Å²) in [5, 5.41) is 9.70. The lowest BCUT2D eigenvalue weighted by atomic mass is 10.1. The lowest BCUT2D eigenvalue weighted by molar-refractivity contribution is 0.122. The van der Waals surface area contributed by atoms with Gasteiger partial charge in [-0.1, -0.05) is 48.5 Å². The fraction of sp³-hybridized carbons (Fsp3) is 0.190. The van der Waals surface area contributed by atoms with Crippen LogP contribution in [0.2, 0.25) is 0 Å². The van der Waals surface area contributed by atoms with E-state index in [9.17, 15) is 10.1 Å². The maximum absolute atomic E-state index is 13.3. The Labute approximate surface area is 156 Å². The molecule has 0 amide bonds. The number of rotatable bonds is 3. The highest BCUT2D eigenvalue weighted by molar-refractivity contribution is 5.64. The van der Waals surface area contributed by atoms with Gasteiger partial charge in [-0.05, 0) is 12.1 Å². The maximum Gasteiger partial charge on any atom is 0.278 e. The monoisotopic (exact) mass is 358 g/mol. The molecule has 3 aromatic rings. The number of hydrogen-bond donors (Lipinski definition) is 0. The van der Waals surface area contributed by atoms with E-state index in [1.807, 2.05) is 65.6 Å². The topological polar surface area (TPSA) is 71.2 Å². The summed E-state index contributed by atoms with van der Waals surface area (Å²) in [7, 11) is 0. The highest BCUT2D eigenvalue weighted by atomic mass is 16.5. The van der Waals surface area contributed by atoms with Gasteiger partial charge in [0.05, 0.1) is 18.9 Å². The van der Waals surface area contributed by atoms with E-state index >= 15 is 0 Å². The van der Waals surface area contributed by atoms with Crippen LogP contribution in [0.4, 0.5) is 5.82 Å². The summed E-state index contributed by atoms with van der Waals surface area (Å²) in [4.78, 5) is 20.0. The summed E-state index contributed by atoms with van der Waals surface area (Å²) in [6.07, 6.45) is 0. The summed E-state index contributed by atoms with van der Waals surface area (Å²) < 4.78 is 6.91. The normalized spacial score (nSPS) is 14.0. The second-order valence-electron chi connectivity index (χ2n) is 6.19. The van der Waals surface area contributed by atoms with E-state index in [1.54, 1.807) is 0 Å². The minimum absolute atomic E-state index is 0.0560. The molecule has 27 heavy (non-hydrogen) atoms. The van der Waals surface area contributed by atoms with Gasteiger partial charge in [-0.15, -0.1) is 0 Å². The standard InChI is InChI=1S/C21H18N4O2/c22-15-18-20(24-11-13-27-14-12-24)23-19(16-7-3-1-4-8-16)25(21(18)26)17-9-5-2-6-10-17/h1-10H,11-14H2. The third-order valence-electron chi connectivity index (χ3n) is 4.53. The largest absolute Gasteiger partial charge is 0.378 e. The number of nitriles is 1. The summed E-state index contributed by atoms with van der Waals surface area (Å²) in [5.74, 6) is 0.948. The van der Waals surface area contributed by atoms with Crippen molar-refractivity contribution in [1.82, 2.24) is 9.55 Å². The first kappa shape index (κ1) is 17.0. The molecule has 0 spiro atoms. The molecular formula is C21H18N4O2. The number of nitrogens with zero attached hydrogens (tertiary/aromatic N) is 4. The molecule has 1 aromatic heterocycles. The Morgan fingerprint density at radius 1 is 0.963 bits per heavy atom. The van der Waals surface area contributed by atoms with Gasteiger partial charge < -0.3 is 9.64 Å². The van der Waals surface area contributed by atoms with Crippen molar-refractivity contribution in [3.8, 4) is 23.1 Å². The predicted molar refractivity (Wildman–Crippen MR) is 103 cm³/mol. The van der Waals surface area contributed by atoms with E-state index in [0.29, 0.717) is 43.6 Å². The Balaban J connectivity index is 2.01. The summed E-state index contributed by atoms with van der Waals surface area (Å²) >= 11 is 0. The fourth-order valence-electron chi connectivity index (χ4n) is 3.21. The van der Waals surface area contributed by atoms with E-state index < -0.39 is 0 Å². The van der Waals surface area contributed by atoms with E-state index in [4.69, 9.17) is 9.72 Å². The van der Waals surface area contributed by atoms with Gasteiger partial charge in [0.25, 0.3) is 5.56 Å². The zero-order valence-electron chi connectivity index (χ0n) is 14.7. The molecule has 0 radical (unpaired) electrons. The summed E-state index contributed by atoms with van der Waals surface area (Å²) in [6, 6.07) is 20.9. The number of ether oxygens (including phenoxy) is 1. The van der Waals surface area contributed by atoms with Crippen LogP contribution in [0.15, 0.2) is 65.5 Å². The zero-order valence-corrected chi connectivity index (χ0v) is 14.7. The van der Waals surface area contributed by atoms with Crippen LogP contribution in [0, 0.1) is 11.3 Å². The molecule has 0 bridgehead atoms. The first-order valence-corrected chi connectivity index (χ1v) is 8.80. The van der Waals surface area contributed by atoms with Crippen molar-refractivity contribution < 1.29 is 4.74 Å². The highest BCUT2D eigenvalue weighted by Crippen LogP contribution is 2.24. The second-order valence-corrected chi connectivity index (χ2v) is 6.19. The van der Waals surface area contributed by atoms with Crippen molar-refractivity contribution in [2.24, 2.45) is 0 Å². The van der Waals surface area contributed by atoms with Crippen molar-refractivity contribution in [3.63, 3.8) is 0 Å². The SMILES string of the molecule is N#Cc1c(N2CCOCC2)nc(-c2ccccc2)n(-c2ccccc2)c1=O. The summed E-state index contributed by atoms with van der Waals surface area (Å²) in [6.45, 7) is 2.30. The Bertz CT molecular complexity index is 1030. The van der Waals surface area contributed by atoms with Gasteiger partial charge in [0, 0.05) is 18.7 Å². The molecule has 2 aromatic carbocycles. The number of hydrogen-bond acceptors (Lipinski definition) is 5. The lowest BCUT2D eigenvalue weighted by Crippen LogP contribution is -2.39. The van der Waals surface area contributed by atoms with Crippen LogP contribution >= 0.6 is 0 Å². The first-order valence-electron chi connectivity index (χ1n) is 8.80. The van der Waals surface area contributed by atoms with E-state index in [0.717, 1.165) is 5.56 Å². The van der Waals surface area contributed by atoms with Crippen LogP contribution in [0.5, 0.6) is 0 Å². The van der Waals surface area contributed by atoms with E-state index in [2.05, 4.69) is 6.07 Å². The molecule has 1 saturated heterocycles. The van der Waals surface area contributed by atoms with E-state index in [-0.39, 0.29) is 11.1 Å². The quantitative estimate of drug-likeness (QED) is 0.720. The van der Waals surface area contributed by atoms with Gasteiger partial charge in [0.2, 0.25) is 0 Å². The number of benzene rings is 2. The highest BCUT2D eigenvalue weighted by Gasteiger charge is 2.23. The van der Waals surface area contributed by atoms with Gasteiger partial charge in [-0.25, -0.2) is 4.98 Å². The zero-order chi connectivity index (χ0) is 18.6. The smallest absolute Gasteiger partial charge is 0.278 e. The number of aromatic nitrogens is 2. The van der Waals surface area contributed by atoms with Gasteiger partial charge in [0.15, 0.2) is 11.4 Å². The minimum atomic E-state index is -0.362. The molecule has 0 saturated carbocycles. The number of anilines is 1. The first-order chi connectivity index (χ1) is 13.3. The van der Waals surface area contributed by atoms with Gasteiger partial charge in [-0.3, -0.25) is 9.36 Å². The van der Waals surface area contributed by atoms with Gasteiger partial charge in [-0.2, -0.15) is 5.26 Å². The molecule has 1 aliphatic rings. The Hall–Kier alpha value is -3.43. The lowest BCUT2D eigenvalue weighted by Gasteiger charge is -2.29. The van der Waals surface area contributed by atoms with Crippen LogP contribution in [-0.4, -0.2) is 35.9 Å². The van der Waals surface area contributed by atoms with Gasteiger partial charge >= 0.3 is 0 Å². The molecule has 2 heterocycles. The molecule has 4 rings (SSSR count). The van der Waals surface area contributed by atoms with Crippen LogP contribution < -0.4 is 10.5 Å². The number of morpholine rings is 1.